The Labute approximate surface area is 91.1 Å². The Bertz CT molecular complexity index is 332. The standard InChI is InChI=1S/C12H19N3/c1-9-14-8-11(6-3-7-13)12(15-9)10-4-2-5-10/h8,10H,2-7,13H2,1H3. The van der Waals surface area contributed by atoms with Crippen LogP contribution in [-0.2, 0) is 6.42 Å². The summed E-state index contributed by atoms with van der Waals surface area (Å²) in [6.45, 7) is 2.72. The smallest absolute Gasteiger partial charge is 0.125 e. The fourth-order valence-corrected chi connectivity index (χ4v) is 2.03. The summed E-state index contributed by atoms with van der Waals surface area (Å²) in [7, 11) is 0. The molecule has 0 bridgehead atoms. The molecule has 1 aliphatic carbocycles. The Kier molecular flexibility index (Phi) is 3.31. The molecule has 82 valence electrons. The second-order valence-corrected chi connectivity index (χ2v) is 4.35. The van der Waals surface area contributed by atoms with Gasteiger partial charge in [-0.15, -0.1) is 0 Å². The van der Waals surface area contributed by atoms with E-state index in [1.165, 1.54) is 30.5 Å². The predicted octanol–water partition coefficient (Wildman–Crippen LogP) is 1.94. The average Bonchev–Trinajstić information content (AvgIpc) is 2.14. The topological polar surface area (TPSA) is 51.8 Å². The zero-order chi connectivity index (χ0) is 10.7. The Balaban J connectivity index is 2.18. The van der Waals surface area contributed by atoms with E-state index in [4.69, 9.17) is 5.73 Å². The van der Waals surface area contributed by atoms with E-state index in [9.17, 15) is 0 Å². The molecule has 1 saturated carbocycles. The van der Waals surface area contributed by atoms with E-state index in [1.807, 2.05) is 13.1 Å². The first-order chi connectivity index (χ1) is 7.31. The summed E-state index contributed by atoms with van der Waals surface area (Å²) >= 11 is 0. The van der Waals surface area contributed by atoms with Crippen LogP contribution >= 0.6 is 0 Å². The van der Waals surface area contributed by atoms with Crippen molar-refractivity contribution in [2.75, 3.05) is 6.54 Å². The molecule has 1 heterocycles. The van der Waals surface area contributed by atoms with Crippen LogP contribution in [-0.4, -0.2) is 16.5 Å². The SMILES string of the molecule is Cc1ncc(CCCN)c(C2CCC2)n1. The van der Waals surface area contributed by atoms with Crippen molar-refractivity contribution in [2.24, 2.45) is 5.73 Å². The molecule has 3 heteroatoms. The van der Waals surface area contributed by atoms with Crippen molar-refractivity contribution < 1.29 is 0 Å². The molecule has 0 unspecified atom stereocenters. The van der Waals surface area contributed by atoms with Crippen LogP contribution < -0.4 is 5.73 Å². The Morgan fingerprint density at radius 3 is 2.87 bits per heavy atom. The summed E-state index contributed by atoms with van der Waals surface area (Å²) in [6.07, 6.45) is 8.00. The lowest BCUT2D eigenvalue weighted by atomic mass is 9.81. The first-order valence-corrected chi connectivity index (χ1v) is 5.83. The van der Waals surface area contributed by atoms with Crippen molar-refractivity contribution in [3.05, 3.63) is 23.3 Å². The molecular weight excluding hydrogens is 186 g/mol. The molecule has 3 nitrogen and oxygen atoms in total. The fourth-order valence-electron chi connectivity index (χ4n) is 2.03. The number of nitrogens with zero attached hydrogens (tertiary/aromatic N) is 2. The molecule has 0 radical (unpaired) electrons. The minimum absolute atomic E-state index is 0.694. The van der Waals surface area contributed by atoms with Crippen LogP contribution in [0.15, 0.2) is 6.20 Å². The Morgan fingerprint density at radius 1 is 1.47 bits per heavy atom. The number of rotatable bonds is 4. The van der Waals surface area contributed by atoms with Crippen molar-refractivity contribution in [2.45, 2.75) is 44.9 Å². The highest BCUT2D eigenvalue weighted by Gasteiger charge is 2.23. The molecule has 0 atom stereocenters. The van der Waals surface area contributed by atoms with Gasteiger partial charge >= 0.3 is 0 Å². The third-order valence-electron chi connectivity index (χ3n) is 3.16. The maximum absolute atomic E-state index is 5.54. The normalized spacial score (nSPS) is 16.4. The highest BCUT2D eigenvalue weighted by atomic mass is 14.9. The quantitative estimate of drug-likeness (QED) is 0.817. The van der Waals surface area contributed by atoms with Gasteiger partial charge < -0.3 is 5.73 Å². The highest BCUT2D eigenvalue weighted by molar-refractivity contribution is 5.23. The van der Waals surface area contributed by atoms with Gasteiger partial charge in [-0.3, -0.25) is 0 Å². The van der Waals surface area contributed by atoms with Gasteiger partial charge in [0.05, 0.1) is 5.69 Å². The summed E-state index contributed by atoms with van der Waals surface area (Å²) in [5.74, 6) is 1.59. The molecular formula is C12H19N3. The zero-order valence-corrected chi connectivity index (χ0v) is 9.37. The first-order valence-electron chi connectivity index (χ1n) is 5.83. The first kappa shape index (κ1) is 10.6. The van der Waals surface area contributed by atoms with Gasteiger partial charge in [0, 0.05) is 12.1 Å². The summed E-state index contributed by atoms with van der Waals surface area (Å²) < 4.78 is 0. The number of hydrogen-bond acceptors (Lipinski definition) is 3. The van der Waals surface area contributed by atoms with Crippen molar-refractivity contribution in [3.63, 3.8) is 0 Å². The maximum Gasteiger partial charge on any atom is 0.125 e. The molecule has 1 aromatic rings. The number of nitrogens with two attached hydrogens (primary N) is 1. The monoisotopic (exact) mass is 205 g/mol. The average molecular weight is 205 g/mol. The van der Waals surface area contributed by atoms with Gasteiger partial charge in [0.15, 0.2) is 0 Å². The molecule has 0 spiro atoms. The van der Waals surface area contributed by atoms with Gasteiger partial charge in [-0.1, -0.05) is 6.42 Å². The second-order valence-electron chi connectivity index (χ2n) is 4.35. The Morgan fingerprint density at radius 2 is 2.27 bits per heavy atom. The van der Waals surface area contributed by atoms with Gasteiger partial charge in [-0.25, -0.2) is 9.97 Å². The maximum atomic E-state index is 5.54. The molecule has 1 fully saturated rings. The largest absolute Gasteiger partial charge is 0.330 e. The van der Waals surface area contributed by atoms with Gasteiger partial charge in [0.1, 0.15) is 5.82 Å². The summed E-state index contributed by atoms with van der Waals surface area (Å²) in [4.78, 5) is 8.88. The minimum atomic E-state index is 0.694. The van der Waals surface area contributed by atoms with E-state index in [2.05, 4.69) is 9.97 Å². The van der Waals surface area contributed by atoms with E-state index in [-0.39, 0.29) is 0 Å². The third kappa shape index (κ3) is 2.34. The van der Waals surface area contributed by atoms with Gasteiger partial charge in [-0.2, -0.15) is 0 Å². The minimum Gasteiger partial charge on any atom is -0.330 e. The van der Waals surface area contributed by atoms with E-state index in [1.54, 1.807) is 0 Å². The fraction of sp³-hybridized carbons (Fsp3) is 0.667. The van der Waals surface area contributed by atoms with Crippen molar-refractivity contribution in [3.8, 4) is 0 Å². The number of hydrogen-bond donors (Lipinski definition) is 1. The van der Waals surface area contributed by atoms with Crippen LogP contribution in [0.4, 0.5) is 0 Å². The van der Waals surface area contributed by atoms with Crippen molar-refractivity contribution in [1.82, 2.24) is 9.97 Å². The summed E-state index contributed by atoms with van der Waals surface area (Å²) in [5, 5.41) is 0. The van der Waals surface area contributed by atoms with Crippen molar-refractivity contribution >= 4 is 0 Å². The molecule has 1 aliphatic rings. The molecule has 0 saturated heterocycles. The van der Waals surface area contributed by atoms with Crippen LogP contribution in [0.1, 0.15) is 48.7 Å². The van der Waals surface area contributed by atoms with Crippen LogP contribution in [0.5, 0.6) is 0 Å². The van der Waals surface area contributed by atoms with Gasteiger partial charge in [0.2, 0.25) is 0 Å². The van der Waals surface area contributed by atoms with Gasteiger partial charge in [-0.05, 0) is 44.7 Å². The molecule has 15 heavy (non-hydrogen) atoms. The zero-order valence-electron chi connectivity index (χ0n) is 9.37. The van der Waals surface area contributed by atoms with Crippen LogP contribution in [0.2, 0.25) is 0 Å². The second kappa shape index (κ2) is 4.71. The summed E-state index contributed by atoms with van der Waals surface area (Å²) in [5.41, 5.74) is 8.15. The lowest BCUT2D eigenvalue weighted by molar-refractivity contribution is 0.406. The van der Waals surface area contributed by atoms with Crippen LogP contribution in [0, 0.1) is 6.92 Å². The van der Waals surface area contributed by atoms with E-state index in [0.29, 0.717) is 5.92 Å². The molecule has 2 N–H and O–H groups in total. The predicted molar refractivity (Wildman–Crippen MR) is 60.7 cm³/mol. The molecule has 0 amide bonds. The molecule has 2 rings (SSSR count). The van der Waals surface area contributed by atoms with E-state index >= 15 is 0 Å². The van der Waals surface area contributed by atoms with E-state index in [0.717, 1.165) is 25.2 Å². The van der Waals surface area contributed by atoms with Gasteiger partial charge in [0.25, 0.3) is 0 Å². The van der Waals surface area contributed by atoms with E-state index < -0.39 is 0 Å². The lowest BCUT2D eigenvalue weighted by Crippen LogP contribution is -2.15. The molecule has 0 aliphatic heterocycles. The Hall–Kier alpha value is -0.960. The molecule has 0 aromatic carbocycles. The summed E-state index contributed by atoms with van der Waals surface area (Å²) in [6, 6.07) is 0. The third-order valence-corrected chi connectivity index (χ3v) is 3.16. The lowest BCUT2D eigenvalue weighted by Gasteiger charge is -2.26. The van der Waals surface area contributed by atoms with Crippen LogP contribution in [0.3, 0.4) is 0 Å². The number of aryl methyl sites for hydroxylation is 2. The van der Waals surface area contributed by atoms with Crippen molar-refractivity contribution in [1.29, 1.82) is 0 Å². The number of aromatic nitrogens is 2. The highest BCUT2D eigenvalue weighted by Crippen LogP contribution is 2.36. The molecule has 1 aromatic heterocycles. The van der Waals surface area contributed by atoms with Crippen LogP contribution in [0.25, 0.3) is 0 Å².